The summed E-state index contributed by atoms with van der Waals surface area (Å²) in [7, 11) is 0. The van der Waals surface area contributed by atoms with Crippen LogP contribution in [0.4, 0.5) is 5.69 Å². The molecule has 3 nitrogen and oxygen atoms in total. The second kappa shape index (κ2) is 5.74. The van der Waals surface area contributed by atoms with Crippen molar-refractivity contribution in [3.05, 3.63) is 29.3 Å². The van der Waals surface area contributed by atoms with Crippen molar-refractivity contribution in [3.63, 3.8) is 0 Å². The highest BCUT2D eigenvalue weighted by Crippen LogP contribution is 2.28. The second-order valence-corrected chi connectivity index (χ2v) is 5.47. The van der Waals surface area contributed by atoms with Gasteiger partial charge in [0, 0.05) is 5.69 Å². The molecular formula is C16H24N2O. The van der Waals surface area contributed by atoms with Gasteiger partial charge < -0.3 is 11.1 Å². The van der Waals surface area contributed by atoms with E-state index in [1.807, 2.05) is 26.0 Å². The number of nitrogens with one attached hydrogen (secondary N) is 1. The van der Waals surface area contributed by atoms with E-state index in [0.717, 1.165) is 18.5 Å². The van der Waals surface area contributed by atoms with Gasteiger partial charge in [0.05, 0.1) is 5.54 Å². The zero-order valence-corrected chi connectivity index (χ0v) is 12.0. The van der Waals surface area contributed by atoms with Crippen LogP contribution in [0.15, 0.2) is 18.2 Å². The molecule has 2 rings (SSSR count). The van der Waals surface area contributed by atoms with E-state index in [1.165, 1.54) is 24.0 Å². The van der Waals surface area contributed by atoms with E-state index < -0.39 is 5.54 Å². The summed E-state index contributed by atoms with van der Waals surface area (Å²) >= 11 is 0. The molecule has 3 heteroatoms. The maximum absolute atomic E-state index is 12.3. The quantitative estimate of drug-likeness (QED) is 0.874. The molecule has 1 aliphatic carbocycles. The van der Waals surface area contributed by atoms with Gasteiger partial charge in [0.1, 0.15) is 0 Å². The summed E-state index contributed by atoms with van der Waals surface area (Å²) in [6.07, 6.45) is 5.94. The van der Waals surface area contributed by atoms with E-state index >= 15 is 0 Å². The first-order valence-electron chi connectivity index (χ1n) is 7.32. The molecule has 3 N–H and O–H groups in total. The molecule has 0 heterocycles. The van der Waals surface area contributed by atoms with Gasteiger partial charge in [0.25, 0.3) is 0 Å². The third kappa shape index (κ3) is 2.81. The van der Waals surface area contributed by atoms with Crippen LogP contribution in [-0.2, 0) is 17.6 Å². The van der Waals surface area contributed by atoms with Crippen molar-refractivity contribution in [3.8, 4) is 0 Å². The average Bonchev–Trinajstić information content (AvgIpc) is 2.46. The molecule has 0 aliphatic heterocycles. The van der Waals surface area contributed by atoms with E-state index in [1.54, 1.807) is 0 Å². The van der Waals surface area contributed by atoms with Gasteiger partial charge in [-0.05, 0) is 55.7 Å². The third-order valence-corrected chi connectivity index (χ3v) is 4.36. The lowest BCUT2D eigenvalue weighted by molar-refractivity contribution is -0.121. The number of anilines is 1. The Kier molecular flexibility index (Phi) is 4.25. The van der Waals surface area contributed by atoms with E-state index in [9.17, 15) is 4.79 Å². The molecule has 0 spiro atoms. The van der Waals surface area contributed by atoms with Gasteiger partial charge in [-0.15, -0.1) is 0 Å². The molecule has 0 aromatic heterocycles. The van der Waals surface area contributed by atoms with Gasteiger partial charge in [0.15, 0.2) is 0 Å². The van der Waals surface area contributed by atoms with Gasteiger partial charge in [-0.25, -0.2) is 0 Å². The number of carbonyl (C=O) groups is 1. The smallest absolute Gasteiger partial charge is 0.244 e. The summed E-state index contributed by atoms with van der Waals surface area (Å²) in [5.41, 5.74) is 9.03. The number of amides is 1. The average molecular weight is 260 g/mol. The fourth-order valence-corrected chi connectivity index (χ4v) is 2.72. The van der Waals surface area contributed by atoms with Crippen LogP contribution in [0, 0.1) is 0 Å². The topological polar surface area (TPSA) is 55.1 Å². The standard InChI is InChI=1S/C16H24N2O/c1-3-16(17,4-2)15(19)18-14-11-7-9-12-8-5-6-10-13(12)14/h7,9,11H,3-6,8,10,17H2,1-2H3,(H,18,19). The van der Waals surface area contributed by atoms with Crippen LogP contribution < -0.4 is 11.1 Å². The number of rotatable bonds is 4. The van der Waals surface area contributed by atoms with Crippen LogP contribution in [0.5, 0.6) is 0 Å². The molecule has 0 radical (unpaired) electrons. The van der Waals surface area contributed by atoms with E-state index in [-0.39, 0.29) is 5.91 Å². The normalized spacial score (nSPS) is 14.9. The van der Waals surface area contributed by atoms with Crippen molar-refractivity contribution in [2.75, 3.05) is 5.32 Å². The molecule has 1 aromatic rings. The molecular weight excluding hydrogens is 236 g/mol. The Morgan fingerprint density at radius 3 is 2.63 bits per heavy atom. The molecule has 104 valence electrons. The fraction of sp³-hybridized carbons (Fsp3) is 0.562. The van der Waals surface area contributed by atoms with Crippen LogP contribution in [0.3, 0.4) is 0 Å². The van der Waals surface area contributed by atoms with Crippen LogP contribution in [-0.4, -0.2) is 11.4 Å². The predicted octanol–water partition coefficient (Wildman–Crippen LogP) is 3.02. The van der Waals surface area contributed by atoms with Gasteiger partial charge in [-0.3, -0.25) is 4.79 Å². The van der Waals surface area contributed by atoms with Crippen LogP contribution in [0.2, 0.25) is 0 Å². The minimum atomic E-state index is -0.753. The van der Waals surface area contributed by atoms with Crippen molar-refractivity contribution >= 4 is 11.6 Å². The number of nitrogens with two attached hydrogens (primary N) is 1. The largest absolute Gasteiger partial charge is 0.324 e. The SMILES string of the molecule is CCC(N)(CC)C(=O)Nc1cccc2c1CCCC2. The van der Waals surface area contributed by atoms with Gasteiger partial charge in [-0.1, -0.05) is 26.0 Å². The Morgan fingerprint density at radius 2 is 1.95 bits per heavy atom. The van der Waals surface area contributed by atoms with Crippen molar-refractivity contribution in [2.24, 2.45) is 5.73 Å². The number of carbonyl (C=O) groups excluding carboxylic acids is 1. The van der Waals surface area contributed by atoms with Crippen molar-refractivity contribution in [1.82, 2.24) is 0 Å². The summed E-state index contributed by atoms with van der Waals surface area (Å²) in [5.74, 6) is -0.0588. The highest BCUT2D eigenvalue weighted by molar-refractivity contribution is 5.98. The number of hydrogen-bond acceptors (Lipinski definition) is 2. The Bertz CT molecular complexity index is 464. The molecule has 1 aliphatic rings. The molecule has 0 saturated heterocycles. The minimum Gasteiger partial charge on any atom is -0.324 e. The lowest BCUT2D eigenvalue weighted by atomic mass is 9.89. The van der Waals surface area contributed by atoms with Crippen molar-refractivity contribution in [2.45, 2.75) is 57.9 Å². The fourth-order valence-electron chi connectivity index (χ4n) is 2.72. The second-order valence-electron chi connectivity index (χ2n) is 5.47. The van der Waals surface area contributed by atoms with Crippen LogP contribution in [0.1, 0.15) is 50.7 Å². The van der Waals surface area contributed by atoms with E-state index in [2.05, 4.69) is 11.4 Å². The maximum atomic E-state index is 12.3. The lowest BCUT2D eigenvalue weighted by Gasteiger charge is -2.27. The summed E-state index contributed by atoms with van der Waals surface area (Å²) < 4.78 is 0. The zero-order chi connectivity index (χ0) is 13.9. The van der Waals surface area contributed by atoms with Crippen LogP contribution >= 0.6 is 0 Å². The van der Waals surface area contributed by atoms with Gasteiger partial charge in [0.2, 0.25) is 5.91 Å². The first-order valence-corrected chi connectivity index (χ1v) is 7.32. The minimum absolute atomic E-state index is 0.0588. The Labute approximate surface area is 115 Å². The van der Waals surface area contributed by atoms with Crippen molar-refractivity contribution in [1.29, 1.82) is 0 Å². The molecule has 0 atom stereocenters. The first kappa shape index (κ1) is 14.1. The molecule has 0 unspecified atom stereocenters. The molecule has 19 heavy (non-hydrogen) atoms. The third-order valence-electron chi connectivity index (χ3n) is 4.36. The monoisotopic (exact) mass is 260 g/mol. The van der Waals surface area contributed by atoms with E-state index in [4.69, 9.17) is 5.73 Å². The summed E-state index contributed by atoms with van der Waals surface area (Å²) in [6.45, 7) is 3.92. The van der Waals surface area contributed by atoms with E-state index in [0.29, 0.717) is 12.8 Å². The summed E-state index contributed by atoms with van der Waals surface area (Å²) in [6, 6.07) is 6.18. The molecule has 0 bridgehead atoms. The number of hydrogen-bond donors (Lipinski definition) is 2. The van der Waals surface area contributed by atoms with Crippen LogP contribution in [0.25, 0.3) is 0 Å². The first-order chi connectivity index (χ1) is 9.10. The van der Waals surface area contributed by atoms with Gasteiger partial charge >= 0.3 is 0 Å². The Morgan fingerprint density at radius 1 is 1.26 bits per heavy atom. The lowest BCUT2D eigenvalue weighted by Crippen LogP contribution is -2.50. The molecule has 1 amide bonds. The summed E-state index contributed by atoms with van der Waals surface area (Å²) in [5, 5.41) is 3.05. The zero-order valence-electron chi connectivity index (χ0n) is 12.0. The van der Waals surface area contributed by atoms with Crippen molar-refractivity contribution < 1.29 is 4.79 Å². The highest BCUT2D eigenvalue weighted by Gasteiger charge is 2.30. The maximum Gasteiger partial charge on any atom is 0.244 e. The Balaban J connectivity index is 2.22. The molecule has 0 fully saturated rings. The Hall–Kier alpha value is -1.35. The number of aryl methyl sites for hydroxylation is 1. The summed E-state index contributed by atoms with van der Waals surface area (Å²) in [4.78, 5) is 12.3. The molecule has 0 saturated carbocycles. The highest BCUT2D eigenvalue weighted by atomic mass is 16.2. The predicted molar refractivity (Wildman–Crippen MR) is 79.2 cm³/mol. The number of benzene rings is 1. The number of fused-ring (bicyclic) bond motifs is 1. The molecule has 1 aromatic carbocycles. The van der Waals surface area contributed by atoms with Gasteiger partial charge in [-0.2, -0.15) is 0 Å².